The molecule has 0 saturated carbocycles. The Hall–Kier alpha value is -2.57. The molecular weight excluding hydrogens is 282 g/mol. The largest absolute Gasteiger partial charge is 0.371 e. The number of benzene rings is 1. The van der Waals surface area contributed by atoms with Gasteiger partial charge in [-0.3, -0.25) is 9.78 Å². The van der Waals surface area contributed by atoms with Gasteiger partial charge in [0.2, 0.25) is 5.82 Å². The highest BCUT2D eigenvalue weighted by molar-refractivity contribution is 5.90. The number of nitrogens with zero attached hydrogens (tertiary/aromatic N) is 3. The molecule has 1 aliphatic heterocycles. The van der Waals surface area contributed by atoms with Crippen LogP contribution in [0.25, 0.3) is 0 Å². The van der Waals surface area contributed by atoms with Crippen LogP contribution in [0.2, 0.25) is 0 Å². The second kappa shape index (κ2) is 6.05. The second-order valence-electron chi connectivity index (χ2n) is 5.65. The highest BCUT2D eigenvalue weighted by Crippen LogP contribution is 2.24. The Balaban J connectivity index is 1.58. The van der Waals surface area contributed by atoms with E-state index in [2.05, 4.69) is 32.2 Å². The van der Waals surface area contributed by atoms with Crippen LogP contribution in [0.5, 0.6) is 0 Å². The van der Waals surface area contributed by atoms with E-state index in [1.165, 1.54) is 5.69 Å². The lowest BCUT2D eigenvalue weighted by Gasteiger charge is -2.22. The Morgan fingerprint density at radius 2 is 2.18 bits per heavy atom. The van der Waals surface area contributed by atoms with E-state index in [0.717, 1.165) is 19.5 Å². The van der Waals surface area contributed by atoms with E-state index in [4.69, 9.17) is 0 Å². The normalized spacial score (nSPS) is 17.7. The molecule has 1 aromatic carbocycles. The third kappa shape index (κ3) is 3.03. The Labute approximate surface area is 127 Å². The summed E-state index contributed by atoms with van der Waals surface area (Å²) < 4.78 is 0. The Morgan fingerprint density at radius 3 is 2.86 bits per heavy atom. The molecule has 0 spiro atoms. The zero-order chi connectivity index (χ0) is 15.5. The van der Waals surface area contributed by atoms with E-state index in [9.17, 15) is 9.59 Å². The number of aromatic nitrogens is 3. The predicted molar refractivity (Wildman–Crippen MR) is 82.9 cm³/mol. The molecule has 1 atom stereocenters. The van der Waals surface area contributed by atoms with Gasteiger partial charge < -0.3 is 9.80 Å². The molecule has 0 radical (unpaired) electrons. The van der Waals surface area contributed by atoms with E-state index >= 15 is 0 Å². The van der Waals surface area contributed by atoms with Crippen molar-refractivity contribution < 1.29 is 4.79 Å². The average molecular weight is 301 g/mol. The number of amides is 1. The fraction of sp³-hybridized carbons (Fsp3) is 0.400. The SMILES string of the molecule is CN(CC1CCN(c2ccccc2)C1)C(=O)c1n[nH]c(=O)[nH]1. The molecular formula is C15H19N5O2. The fourth-order valence-corrected chi connectivity index (χ4v) is 2.88. The first kappa shape index (κ1) is 14.4. The number of para-hydroxylation sites is 1. The molecule has 1 amide bonds. The molecule has 1 saturated heterocycles. The lowest BCUT2D eigenvalue weighted by Crippen LogP contribution is -2.34. The average Bonchev–Trinajstić information content (AvgIpc) is 3.16. The van der Waals surface area contributed by atoms with Crippen LogP contribution in [0, 0.1) is 5.92 Å². The first-order valence-electron chi connectivity index (χ1n) is 7.33. The third-order valence-corrected chi connectivity index (χ3v) is 3.99. The van der Waals surface area contributed by atoms with Gasteiger partial charge in [-0.25, -0.2) is 9.89 Å². The van der Waals surface area contributed by atoms with Crippen LogP contribution in [0.1, 0.15) is 17.0 Å². The molecule has 1 aliphatic rings. The summed E-state index contributed by atoms with van der Waals surface area (Å²) in [5.41, 5.74) is 0.753. The standard InChI is InChI=1S/C15H19N5O2/c1-19(14(21)13-16-15(22)18-17-13)9-11-7-8-20(10-11)12-5-3-2-4-6-12/h2-6,11H,7-10H2,1H3,(H2,16,17,18,22). The van der Waals surface area contributed by atoms with Crippen LogP contribution in [0.15, 0.2) is 35.1 Å². The molecule has 2 heterocycles. The molecule has 1 unspecified atom stereocenters. The van der Waals surface area contributed by atoms with Crippen molar-refractivity contribution in [1.82, 2.24) is 20.1 Å². The molecule has 1 aromatic heterocycles. The van der Waals surface area contributed by atoms with Crippen LogP contribution in [-0.2, 0) is 0 Å². The molecule has 0 aliphatic carbocycles. The first-order chi connectivity index (χ1) is 10.6. The molecule has 7 heteroatoms. The minimum atomic E-state index is -0.465. The molecule has 7 nitrogen and oxygen atoms in total. The molecule has 2 N–H and O–H groups in total. The quantitative estimate of drug-likeness (QED) is 0.870. The van der Waals surface area contributed by atoms with Crippen molar-refractivity contribution in [3.63, 3.8) is 0 Å². The van der Waals surface area contributed by atoms with Gasteiger partial charge in [0.25, 0.3) is 5.91 Å². The van der Waals surface area contributed by atoms with Gasteiger partial charge in [0, 0.05) is 32.4 Å². The monoisotopic (exact) mass is 301 g/mol. The van der Waals surface area contributed by atoms with Crippen molar-refractivity contribution >= 4 is 11.6 Å². The number of carbonyl (C=O) groups excluding carboxylic acids is 1. The van der Waals surface area contributed by atoms with E-state index in [0.29, 0.717) is 12.5 Å². The first-order valence-corrected chi connectivity index (χ1v) is 7.33. The van der Waals surface area contributed by atoms with Crippen molar-refractivity contribution in [2.24, 2.45) is 5.92 Å². The second-order valence-corrected chi connectivity index (χ2v) is 5.65. The van der Waals surface area contributed by atoms with E-state index in [1.807, 2.05) is 18.2 Å². The summed E-state index contributed by atoms with van der Waals surface area (Å²) in [7, 11) is 1.74. The summed E-state index contributed by atoms with van der Waals surface area (Å²) in [6.45, 7) is 2.58. The number of hydrogen-bond acceptors (Lipinski definition) is 4. The predicted octanol–water partition coefficient (Wildman–Crippen LogP) is 0.696. The van der Waals surface area contributed by atoms with E-state index < -0.39 is 5.69 Å². The minimum absolute atomic E-state index is 0.0606. The number of nitrogens with one attached hydrogen (secondary N) is 2. The van der Waals surface area contributed by atoms with Crippen molar-refractivity contribution in [1.29, 1.82) is 0 Å². The maximum atomic E-state index is 12.2. The van der Waals surface area contributed by atoms with Crippen LogP contribution in [-0.4, -0.2) is 52.7 Å². The summed E-state index contributed by atoms with van der Waals surface area (Å²) in [6.07, 6.45) is 1.05. The number of hydrogen-bond donors (Lipinski definition) is 2. The van der Waals surface area contributed by atoms with Gasteiger partial charge in [0.15, 0.2) is 0 Å². The van der Waals surface area contributed by atoms with Crippen molar-refractivity contribution in [2.45, 2.75) is 6.42 Å². The number of H-pyrrole nitrogens is 2. The van der Waals surface area contributed by atoms with Gasteiger partial charge in [-0.15, -0.1) is 5.10 Å². The molecule has 0 bridgehead atoms. The molecule has 1 fully saturated rings. The molecule has 2 aromatic rings. The van der Waals surface area contributed by atoms with Gasteiger partial charge in [-0.05, 0) is 24.5 Å². The number of anilines is 1. The lowest BCUT2D eigenvalue weighted by molar-refractivity contribution is 0.0764. The summed E-state index contributed by atoms with van der Waals surface area (Å²) in [4.78, 5) is 29.5. The van der Waals surface area contributed by atoms with Gasteiger partial charge in [-0.1, -0.05) is 18.2 Å². The van der Waals surface area contributed by atoms with Gasteiger partial charge in [0.05, 0.1) is 0 Å². The highest BCUT2D eigenvalue weighted by atomic mass is 16.2. The molecule has 116 valence electrons. The van der Waals surface area contributed by atoms with E-state index in [1.54, 1.807) is 11.9 Å². The summed E-state index contributed by atoms with van der Waals surface area (Å²) in [5.74, 6) is 0.210. The van der Waals surface area contributed by atoms with Gasteiger partial charge in [-0.2, -0.15) is 0 Å². The summed E-state index contributed by atoms with van der Waals surface area (Å²) in [5, 5.41) is 5.89. The van der Waals surface area contributed by atoms with Gasteiger partial charge in [0.1, 0.15) is 0 Å². The zero-order valence-corrected chi connectivity index (χ0v) is 12.5. The highest BCUT2D eigenvalue weighted by Gasteiger charge is 2.26. The number of carbonyl (C=O) groups is 1. The van der Waals surface area contributed by atoms with Crippen LogP contribution in [0.3, 0.4) is 0 Å². The Bertz CT molecular complexity index is 693. The van der Waals surface area contributed by atoms with Crippen LogP contribution < -0.4 is 10.6 Å². The third-order valence-electron chi connectivity index (χ3n) is 3.99. The molecule has 22 heavy (non-hydrogen) atoms. The summed E-state index contributed by atoms with van der Waals surface area (Å²) >= 11 is 0. The zero-order valence-electron chi connectivity index (χ0n) is 12.5. The smallest absolute Gasteiger partial charge is 0.341 e. The van der Waals surface area contributed by atoms with Crippen LogP contribution >= 0.6 is 0 Å². The fourth-order valence-electron chi connectivity index (χ4n) is 2.88. The minimum Gasteiger partial charge on any atom is -0.371 e. The lowest BCUT2D eigenvalue weighted by atomic mass is 10.1. The maximum Gasteiger partial charge on any atom is 0.341 e. The van der Waals surface area contributed by atoms with Gasteiger partial charge >= 0.3 is 5.69 Å². The maximum absolute atomic E-state index is 12.2. The molecule has 3 rings (SSSR count). The summed E-state index contributed by atoms with van der Waals surface area (Å²) in [6, 6.07) is 10.3. The van der Waals surface area contributed by atoms with Crippen molar-refractivity contribution in [2.75, 3.05) is 31.6 Å². The Morgan fingerprint density at radius 1 is 1.41 bits per heavy atom. The number of rotatable bonds is 4. The Kier molecular flexibility index (Phi) is 3.95. The van der Waals surface area contributed by atoms with Crippen molar-refractivity contribution in [3.05, 3.63) is 46.6 Å². The number of aromatic amines is 2. The van der Waals surface area contributed by atoms with E-state index in [-0.39, 0.29) is 11.7 Å². The van der Waals surface area contributed by atoms with Crippen molar-refractivity contribution in [3.8, 4) is 0 Å². The van der Waals surface area contributed by atoms with Crippen LogP contribution in [0.4, 0.5) is 5.69 Å². The topological polar surface area (TPSA) is 85.1 Å².